The number of ether oxygens (including phenoxy) is 1. The minimum absolute atomic E-state index is 0.0202. The molecule has 1 aromatic rings. The van der Waals surface area contributed by atoms with Gasteiger partial charge in [0, 0.05) is 0 Å². The van der Waals surface area contributed by atoms with Crippen LogP contribution in [0.1, 0.15) is 12.5 Å². The molecule has 0 amide bonds. The Hall–Kier alpha value is -2.10. The van der Waals surface area contributed by atoms with Crippen LogP contribution in [0.4, 0.5) is 0 Å². The summed E-state index contributed by atoms with van der Waals surface area (Å²) in [5, 5.41) is 9.08. The Balaban J connectivity index is 3.07. The highest BCUT2D eigenvalue weighted by Gasteiger charge is 2.14. The zero-order valence-electron chi connectivity index (χ0n) is 9.06. The molecule has 16 heavy (non-hydrogen) atoms. The summed E-state index contributed by atoms with van der Waals surface area (Å²) in [5.74, 6) is -0.903. The number of carbonyl (C=O) groups is 2. The lowest BCUT2D eigenvalue weighted by Gasteiger charge is -2.01. The Morgan fingerprint density at radius 3 is 2.25 bits per heavy atom. The zero-order valence-corrected chi connectivity index (χ0v) is 9.06. The SMILES string of the molecule is COC(=O)C(=Cc1ccc(O)cc1)C(C)=O. The number of phenolic OH excluding ortho intramolecular Hbond substituents is 1. The van der Waals surface area contributed by atoms with Crippen LogP contribution in [0.15, 0.2) is 29.8 Å². The highest BCUT2D eigenvalue weighted by atomic mass is 16.5. The van der Waals surface area contributed by atoms with Gasteiger partial charge in [-0.25, -0.2) is 4.79 Å². The highest BCUT2D eigenvalue weighted by molar-refractivity contribution is 6.19. The molecule has 0 atom stereocenters. The summed E-state index contributed by atoms with van der Waals surface area (Å²) in [7, 11) is 1.22. The lowest BCUT2D eigenvalue weighted by molar-refractivity contribution is -0.137. The van der Waals surface area contributed by atoms with Crippen LogP contribution < -0.4 is 0 Å². The molecule has 0 aliphatic carbocycles. The molecule has 0 saturated heterocycles. The smallest absolute Gasteiger partial charge is 0.341 e. The van der Waals surface area contributed by atoms with E-state index in [9.17, 15) is 9.59 Å². The second-order valence-electron chi connectivity index (χ2n) is 3.20. The van der Waals surface area contributed by atoms with Crippen LogP contribution in [-0.2, 0) is 14.3 Å². The van der Waals surface area contributed by atoms with Gasteiger partial charge in [-0.1, -0.05) is 12.1 Å². The molecule has 84 valence electrons. The van der Waals surface area contributed by atoms with Gasteiger partial charge in [-0.05, 0) is 30.7 Å². The minimum atomic E-state index is -0.666. The van der Waals surface area contributed by atoms with Gasteiger partial charge in [0.05, 0.1) is 7.11 Å². The van der Waals surface area contributed by atoms with Crippen molar-refractivity contribution in [3.05, 3.63) is 35.4 Å². The first-order valence-electron chi connectivity index (χ1n) is 4.64. The van der Waals surface area contributed by atoms with E-state index in [0.717, 1.165) is 0 Å². The van der Waals surface area contributed by atoms with Crippen LogP contribution in [0.5, 0.6) is 5.75 Å². The Morgan fingerprint density at radius 2 is 1.81 bits per heavy atom. The fourth-order valence-corrected chi connectivity index (χ4v) is 1.15. The average Bonchev–Trinajstić information content (AvgIpc) is 2.27. The van der Waals surface area contributed by atoms with Gasteiger partial charge in [0.15, 0.2) is 5.78 Å². The maximum atomic E-state index is 11.3. The molecule has 0 aliphatic heterocycles. The molecule has 0 unspecified atom stereocenters. The number of Topliss-reactive ketones (excluding diaryl/α,β-unsaturated/α-hetero) is 1. The topological polar surface area (TPSA) is 63.6 Å². The largest absolute Gasteiger partial charge is 0.508 e. The molecule has 0 aromatic heterocycles. The van der Waals surface area contributed by atoms with Gasteiger partial charge >= 0.3 is 5.97 Å². The summed E-state index contributed by atoms with van der Waals surface area (Å²) in [6, 6.07) is 6.14. The summed E-state index contributed by atoms with van der Waals surface area (Å²) in [5.41, 5.74) is 0.626. The number of hydrogen-bond acceptors (Lipinski definition) is 4. The number of rotatable bonds is 3. The van der Waals surface area contributed by atoms with Crippen molar-refractivity contribution in [2.75, 3.05) is 7.11 Å². The summed E-state index contributed by atoms with van der Waals surface area (Å²) in [6.07, 6.45) is 1.42. The number of ketones is 1. The molecule has 4 heteroatoms. The van der Waals surface area contributed by atoms with Gasteiger partial charge in [0.2, 0.25) is 0 Å². The van der Waals surface area contributed by atoms with Gasteiger partial charge in [0.1, 0.15) is 11.3 Å². The predicted molar refractivity (Wildman–Crippen MR) is 58.8 cm³/mol. The third-order valence-corrected chi connectivity index (χ3v) is 1.99. The predicted octanol–water partition coefficient (Wildman–Crippen LogP) is 1.54. The van der Waals surface area contributed by atoms with Crippen molar-refractivity contribution in [1.82, 2.24) is 0 Å². The maximum Gasteiger partial charge on any atom is 0.341 e. The fourth-order valence-electron chi connectivity index (χ4n) is 1.15. The molecule has 0 saturated carbocycles. The van der Waals surface area contributed by atoms with Gasteiger partial charge in [-0.2, -0.15) is 0 Å². The number of benzene rings is 1. The Kier molecular flexibility index (Phi) is 3.83. The van der Waals surface area contributed by atoms with E-state index in [1.165, 1.54) is 32.2 Å². The third-order valence-electron chi connectivity index (χ3n) is 1.99. The fraction of sp³-hybridized carbons (Fsp3) is 0.167. The maximum absolute atomic E-state index is 11.3. The van der Waals surface area contributed by atoms with Crippen LogP contribution in [0, 0.1) is 0 Å². The quantitative estimate of drug-likeness (QED) is 0.363. The van der Waals surface area contributed by atoms with Gasteiger partial charge in [0.25, 0.3) is 0 Å². The van der Waals surface area contributed by atoms with E-state index in [1.54, 1.807) is 12.1 Å². The van der Waals surface area contributed by atoms with Gasteiger partial charge < -0.3 is 9.84 Å². The molecule has 1 aromatic carbocycles. The van der Waals surface area contributed by atoms with Crippen LogP contribution >= 0.6 is 0 Å². The van der Waals surface area contributed by atoms with Crippen LogP contribution in [-0.4, -0.2) is 24.0 Å². The van der Waals surface area contributed by atoms with Crippen molar-refractivity contribution in [3.63, 3.8) is 0 Å². The Bertz CT molecular complexity index is 429. The Labute approximate surface area is 93.2 Å². The van der Waals surface area contributed by atoms with Crippen LogP contribution in [0.3, 0.4) is 0 Å². The van der Waals surface area contributed by atoms with E-state index in [0.29, 0.717) is 5.56 Å². The van der Waals surface area contributed by atoms with E-state index in [1.807, 2.05) is 0 Å². The third kappa shape index (κ3) is 2.95. The monoisotopic (exact) mass is 220 g/mol. The van der Waals surface area contributed by atoms with E-state index >= 15 is 0 Å². The molecule has 4 nitrogen and oxygen atoms in total. The lowest BCUT2D eigenvalue weighted by Crippen LogP contribution is -2.11. The number of carbonyl (C=O) groups excluding carboxylic acids is 2. The second kappa shape index (κ2) is 5.11. The zero-order chi connectivity index (χ0) is 12.1. The van der Waals surface area contributed by atoms with E-state index in [-0.39, 0.29) is 17.1 Å². The molecule has 1 N–H and O–H groups in total. The van der Waals surface area contributed by atoms with Crippen LogP contribution in [0.2, 0.25) is 0 Å². The highest BCUT2D eigenvalue weighted by Crippen LogP contribution is 2.13. The number of phenols is 1. The van der Waals surface area contributed by atoms with E-state index in [4.69, 9.17) is 5.11 Å². The van der Waals surface area contributed by atoms with Crippen molar-refractivity contribution >= 4 is 17.8 Å². The first kappa shape index (κ1) is 12.0. The molecule has 1 rings (SSSR count). The van der Waals surface area contributed by atoms with Gasteiger partial charge in [-0.15, -0.1) is 0 Å². The summed E-state index contributed by atoms with van der Waals surface area (Å²) in [4.78, 5) is 22.5. The van der Waals surface area contributed by atoms with E-state index in [2.05, 4.69) is 4.74 Å². The molecular formula is C12H12O4. The lowest BCUT2D eigenvalue weighted by atomic mass is 10.1. The number of esters is 1. The standard InChI is InChI=1S/C12H12O4/c1-8(13)11(12(15)16-2)7-9-3-5-10(14)6-4-9/h3-7,14H,1-2H3. The first-order chi connectivity index (χ1) is 7.54. The van der Waals surface area contributed by atoms with Gasteiger partial charge in [-0.3, -0.25) is 4.79 Å². The van der Waals surface area contributed by atoms with Crippen molar-refractivity contribution in [2.45, 2.75) is 6.92 Å². The molecule has 0 aliphatic rings. The molecule has 0 spiro atoms. The summed E-state index contributed by atoms with van der Waals surface area (Å²) < 4.78 is 4.49. The number of aromatic hydroxyl groups is 1. The molecular weight excluding hydrogens is 208 g/mol. The Morgan fingerprint density at radius 1 is 1.25 bits per heavy atom. The second-order valence-corrected chi connectivity index (χ2v) is 3.20. The first-order valence-corrected chi connectivity index (χ1v) is 4.64. The van der Waals surface area contributed by atoms with E-state index < -0.39 is 5.97 Å². The summed E-state index contributed by atoms with van der Waals surface area (Å²) >= 11 is 0. The molecule has 0 heterocycles. The number of methoxy groups -OCH3 is 1. The minimum Gasteiger partial charge on any atom is -0.508 e. The van der Waals surface area contributed by atoms with Crippen molar-refractivity contribution < 1.29 is 19.4 Å². The molecule has 0 fully saturated rings. The molecule has 0 bridgehead atoms. The normalized spacial score (nSPS) is 11.0. The number of hydrogen-bond donors (Lipinski definition) is 1. The van der Waals surface area contributed by atoms with Crippen LogP contribution in [0.25, 0.3) is 6.08 Å². The summed E-state index contributed by atoms with van der Waals surface area (Å²) in [6.45, 7) is 1.29. The van der Waals surface area contributed by atoms with Crippen molar-refractivity contribution in [2.24, 2.45) is 0 Å². The average molecular weight is 220 g/mol. The van der Waals surface area contributed by atoms with Crippen molar-refractivity contribution in [1.29, 1.82) is 0 Å². The molecule has 0 radical (unpaired) electrons. The van der Waals surface area contributed by atoms with Crippen molar-refractivity contribution in [3.8, 4) is 5.75 Å².